The van der Waals surface area contributed by atoms with Crippen molar-refractivity contribution in [3.63, 3.8) is 0 Å². The second-order valence-electron chi connectivity index (χ2n) is 6.34. The second kappa shape index (κ2) is 6.04. The van der Waals surface area contributed by atoms with Gasteiger partial charge in [-0.3, -0.25) is 5.41 Å². The molecule has 27 heavy (non-hydrogen) atoms. The molecule has 2 aromatic carbocycles. The first-order valence-electron chi connectivity index (χ1n) is 8.67. The molecule has 2 heterocycles. The molecule has 4 rings (SSSR count). The molecule has 0 aliphatic heterocycles. The predicted octanol–water partition coefficient (Wildman–Crippen LogP) is 3.86. The summed E-state index contributed by atoms with van der Waals surface area (Å²) >= 11 is 0. The van der Waals surface area contributed by atoms with Crippen LogP contribution < -0.4 is 15.7 Å². The van der Waals surface area contributed by atoms with Crippen molar-refractivity contribution in [3.8, 4) is 0 Å². The Hall–Kier alpha value is -2.96. The van der Waals surface area contributed by atoms with Gasteiger partial charge in [0.15, 0.2) is 16.5 Å². The number of anilines is 1. The van der Waals surface area contributed by atoms with Crippen LogP contribution in [0, 0.1) is 0 Å². The number of fused-ring (bicyclic) bond motifs is 4. The predicted molar refractivity (Wildman–Crippen MR) is 97.1 cm³/mol. The molecular formula is C20H18F3N2O2+. The van der Waals surface area contributed by atoms with Crippen LogP contribution in [-0.4, -0.2) is 13.1 Å². The monoisotopic (exact) mass is 375 g/mol. The lowest BCUT2D eigenvalue weighted by Gasteiger charge is -2.21. The van der Waals surface area contributed by atoms with Gasteiger partial charge in [0.1, 0.15) is 16.7 Å². The number of hydrogen-bond donors (Lipinski definition) is 1. The Bertz CT molecular complexity index is 1220. The average molecular weight is 375 g/mol. The Morgan fingerprint density at radius 1 is 0.889 bits per heavy atom. The summed E-state index contributed by atoms with van der Waals surface area (Å²) < 4.78 is 53.1. The molecule has 140 valence electrons. The van der Waals surface area contributed by atoms with Crippen LogP contribution in [0.3, 0.4) is 0 Å². The van der Waals surface area contributed by atoms with Crippen LogP contribution in [0.1, 0.15) is 19.4 Å². The molecule has 4 nitrogen and oxygen atoms in total. The minimum Gasteiger partial charge on any atom is -0.452 e. The third-order valence-corrected chi connectivity index (χ3v) is 4.75. The van der Waals surface area contributed by atoms with Gasteiger partial charge in [-0.15, -0.1) is 0 Å². The lowest BCUT2D eigenvalue weighted by molar-refractivity contribution is -0.172. The number of nitrogens with zero attached hydrogens (tertiary/aromatic N) is 1. The van der Waals surface area contributed by atoms with Gasteiger partial charge in [-0.2, -0.15) is 13.2 Å². The van der Waals surface area contributed by atoms with Gasteiger partial charge < -0.3 is 13.7 Å². The molecule has 0 unspecified atom stereocenters. The first-order valence-corrected chi connectivity index (χ1v) is 8.67. The molecule has 0 saturated carbocycles. The third-order valence-electron chi connectivity index (χ3n) is 4.75. The van der Waals surface area contributed by atoms with Crippen molar-refractivity contribution in [2.75, 3.05) is 18.0 Å². The van der Waals surface area contributed by atoms with Crippen LogP contribution in [0.25, 0.3) is 33.1 Å². The highest BCUT2D eigenvalue weighted by molar-refractivity contribution is 6.06. The van der Waals surface area contributed by atoms with Gasteiger partial charge in [-0.05, 0) is 32.0 Å². The van der Waals surface area contributed by atoms with Crippen molar-refractivity contribution in [1.82, 2.24) is 0 Å². The van der Waals surface area contributed by atoms with Gasteiger partial charge >= 0.3 is 6.18 Å². The Kier molecular flexibility index (Phi) is 3.91. The van der Waals surface area contributed by atoms with Gasteiger partial charge in [0, 0.05) is 36.3 Å². The molecular weight excluding hydrogens is 357 g/mol. The smallest absolute Gasteiger partial charge is 0.420 e. The number of benzene rings is 2. The molecule has 0 fully saturated rings. The molecule has 0 saturated heterocycles. The van der Waals surface area contributed by atoms with E-state index in [1.807, 2.05) is 18.7 Å². The number of hydrogen-bond acceptors (Lipinski definition) is 3. The maximum atomic E-state index is 13.9. The molecule has 0 amide bonds. The highest BCUT2D eigenvalue weighted by Crippen LogP contribution is 2.44. The molecule has 2 aromatic heterocycles. The van der Waals surface area contributed by atoms with E-state index in [1.165, 1.54) is 12.1 Å². The first-order chi connectivity index (χ1) is 12.8. The Labute approximate surface area is 152 Å². The maximum absolute atomic E-state index is 13.9. The van der Waals surface area contributed by atoms with Crippen molar-refractivity contribution in [3.05, 3.63) is 47.3 Å². The van der Waals surface area contributed by atoms with Crippen molar-refractivity contribution in [2.45, 2.75) is 20.0 Å². The minimum absolute atomic E-state index is 0.0297. The van der Waals surface area contributed by atoms with Crippen LogP contribution in [0.2, 0.25) is 0 Å². The van der Waals surface area contributed by atoms with E-state index in [9.17, 15) is 13.2 Å². The normalized spacial score (nSPS) is 12.3. The average Bonchev–Trinajstić information content (AvgIpc) is 2.96. The highest BCUT2D eigenvalue weighted by atomic mass is 19.4. The van der Waals surface area contributed by atoms with Crippen LogP contribution >= 0.6 is 0 Å². The van der Waals surface area contributed by atoms with E-state index in [4.69, 9.17) is 14.2 Å². The summed E-state index contributed by atoms with van der Waals surface area (Å²) in [4.78, 5) is 2.04. The number of nitrogens with two attached hydrogens (primary N) is 1. The Morgan fingerprint density at radius 3 is 2.19 bits per heavy atom. The zero-order valence-corrected chi connectivity index (χ0v) is 14.9. The Morgan fingerprint density at radius 2 is 1.52 bits per heavy atom. The van der Waals surface area contributed by atoms with Crippen molar-refractivity contribution in [2.24, 2.45) is 0 Å². The van der Waals surface area contributed by atoms with Crippen molar-refractivity contribution < 1.29 is 27.4 Å². The van der Waals surface area contributed by atoms with Crippen LogP contribution in [0.5, 0.6) is 0 Å². The molecule has 4 aromatic rings. The van der Waals surface area contributed by atoms with Gasteiger partial charge in [0.25, 0.3) is 0 Å². The number of rotatable bonds is 3. The van der Waals surface area contributed by atoms with Gasteiger partial charge in [0.05, 0.1) is 11.5 Å². The summed E-state index contributed by atoms with van der Waals surface area (Å²) in [6.45, 7) is 5.46. The SMILES string of the molecule is CCN(CC)c1ccc2c(C(F)(F)F)c3oc4cc(=[NH2+])ccc4c3oc2c1. The number of alkyl halides is 3. The second-order valence-corrected chi connectivity index (χ2v) is 6.34. The molecule has 7 heteroatoms. The summed E-state index contributed by atoms with van der Waals surface area (Å²) in [5.41, 5.74) is 0.158. The van der Waals surface area contributed by atoms with E-state index < -0.39 is 11.7 Å². The summed E-state index contributed by atoms with van der Waals surface area (Å²) in [6.07, 6.45) is -4.59. The summed E-state index contributed by atoms with van der Waals surface area (Å²) in [5, 5.41) is 6.57. The van der Waals surface area contributed by atoms with Crippen molar-refractivity contribution in [1.29, 1.82) is 0 Å². The van der Waals surface area contributed by atoms with E-state index in [-0.39, 0.29) is 27.7 Å². The lowest BCUT2D eigenvalue weighted by Crippen LogP contribution is -2.44. The van der Waals surface area contributed by atoms with Crippen LogP contribution in [-0.2, 0) is 6.18 Å². The van der Waals surface area contributed by atoms with Gasteiger partial charge in [0.2, 0.25) is 0 Å². The topological polar surface area (TPSA) is 55.1 Å². The molecule has 0 spiro atoms. The zero-order valence-electron chi connectivity index (χ0n) is 14.9. The molecule has 0 bridgehead atoms. The fraction of sp³-hybridized carbons (Fsp3) is 0.250. The maximum Gasteiger partial charge on any atom is 0.420 e. The fourth-order valence-electron chi connectivity index (χ4n) is 3.46. The quantitative estimate of drug-likeness (QED) is 0.592. The zero-order chi connectivity index (χ0) is 19.3. The first kappa shape index (κ1) is 17.5. The molecule has 2 N–H and O–H groups in total. The number of halogens is 3. The summed E-state index contributed by atoms with van der Waals surface area (Å²) in [5.74, 6) is 0. The van der Waals surface area contributed by atoms with E-state index in [2.05, 4.69) is 0 Å². The van der Waals surface area contributed by atoms with E-state index >= 15 is 0 Å². The van der Waals surface area contributed by atoms with Gasteiger partial charge in [-0.1, -0.05) is 0 Å². The number of furan rings is 1. The Balaban J connectivity index is 2.15. The van der Waals surface area contributed by atoms with Gasteiger partial charge in [-0.25, -0.2) is 0 Å². The van der Waals surface area contributed by atoms with Crippen molar-refractivity contribution >= 4 is 38.8 Å². The molecule has 0 aliphatic carbocycles. The lowest BCUT2D eigenvalue weighted by atomic mass is 10.1. The minimum atomic E-state index is -4.59. The van der Waals surface area contributed by atoms with E-state index in [1.54, 1.807) is 24.3 Å². The standard InChI is InChI=1S/C20H17F3N2O2/c1-3-25(4-2)12-6-8-13-16(10-12)26-18-14-7-5-11(24)9-15(14)27-19(18)17(13)20(21,22)23/h5-10,24H,3-4H2,1-2H3/p+1. The summed E-state index contributed by atoms with van der Waals surface area (Å²) in [6, 6.07) is 9.48. The molecule has 0 radical (unpaired) electrons. The molecule has 0 atom stereocenters. The fourth-order valence-corrected chi connectivity index (χ4v) is 3.46. The van der Waals surface area contributed by atoms with E-state index in [0.717, 1.165) is 18.8 Å². The molecule has 0 aliphatic rings. The van der Waals surface area contributed by atoms with Crippen LogP contribution in [0.4, 0.5) is 18.9 Å². The largest absolute Gasteiger partial charge is 0.452 e. The van der Waals surface area contributed by atoms with Crippen LogP contribution in [0.15, 0.2) is 45.2 Å². The highest BCUT2D eigenvalue weighted by Gasteiger charge is 2.38. The summed E-state index contributed by atoms with van der Waals surface area (Å²) in [7, 11) is 0. The van der Waals surface area contributed by atoms with E-state index in [0.29, 0.717) is 10.7 Å². The third kappa shape index (κ3) is 2.74.